The van der Waals surface area contributed by atoms with Gasteiger partial charge in [-0.3, -0.25) is 9.55 Å². The molecule has 0 aliphatic carbocycles. The average molecular weight is 470 g/mol. The summed E-state index contributed by atoms with van der Waals surface area (Å²) in [6, 6.07) is 14.2. The van der Waals surface area contributed by atoms with Crippen LogP contribution >= 0.6 is 0 Å². The van der Waals surface area contributed by atoms with E-state index in [0.29, 0.717) is 30.1 Å². The van der Waals surface area contributed by atoms with Crippen LogP contribution in [0.25, 0.3) is 10.9 Å². The number of aliphatic hydroxyl groups is 1. The maximum Gasteiger partial charge on any atom is 0.416 e. The highest BCUT2D eigenvalue weighted by atomic mass is 19.4. The number of fused-ring (bicyclic) bond motifs is 1. The van der Waals surface area contributed by atoms with Gasteiger partial charge in [-0.2, -0.15) is 13.2 Å². The number of ether oxygens (including phenoxy) is 1. The first-order chi connectivity index (χ1) is 16.3. The Morgan fingerprint density at radius 3 is 2.68 bits per heavy atom. The number of carbonyl (C=O) groups is 1. The number of alkyl halides is 3. The molecule has 10 heteroatoms. The predicted octanol–water partition coefficient (Wildman–Crippen LogP) is 5.01. The van der Waals surface area contributed by atoms with Gasteiger partial charge < -0.3 is 20.5 Å². The second kappa shape index (κ2) is 9.94. The number of rotatable bonds is 7. The molecule has 3 N–H and O–H groups in total. The Morgan fingerprint density at radius 2 is 1.88 bits per heavy atom. The molecule has 1 amide bonds. The third kappa shape index (κ3) is 5.53. The second-order valence-corrected chi connectivity index (χ2v) is 7.40. The maximum absolute atomic E-state index is 12.9. The van der Waals surface area contributed by atoms with Crippen molar-refractivity contribution in [3.8, 4) is 11.5 Å². The smallest absolute Gasteiger partial charge is 0.416 e. The van der Waals surface area contributed by atoms with Gasteiger partial charge in [0.05, 0.1) is 23.4 Å². The Morgan fingerprint density at radius 1 is 1.06 bits per heavy atom. The summed E-state index contributed by atoms with van der Waals surface area (Å²) in [5.74, 6) is 1.13. The van der Waals surface area contributed by atoms with E-state index in [1.165, 1.54) is 22.9 Å². The summed E-state index contributed by atoms with van der Waals surface area (Å²) in [5, 5.41) is 15.1. The summed E-state index contributed by atoms with van der Waals surface area (Å²) >= 11 is 0. The molecule has 0 unspecified atom stereocenters. The molecular weight excluding hydrogens is 449 g/mol. The van der Waals surface area contributed by atoms with E-state index in [1.807, 2.05) is 0 Å². The van der Waals surface area contributed by atoms with Gasteiger partial charge in [-0.05, 0) is 48.5 Å². The Hall–Kier alpha value is -3.89. The molecule has 0 spiro atoms. The standard InChI is InChI=1S/C24H21F3N4O3/c25-24(26,27)17-2-1-3-18(13-17)30-23(33)31-10-7-16-12-20(4-5-22(16)31)34-21-6-8-29-19(14-21)15-28-9-11-32/h1-8,10,12-14,28,32H,9,11,15H2,(H,30,33). The number of amides is 1. The molecule has 4 aromatic rings. The van der Waals surface area contributed by atoms with Crippen molar-refractivity contribution in [2.24, 2.45) is 0 Å². The molecule has 0 aliphatic rings. The zero-order valence-corrected chi connectivity index (χ0v) is 17.8. The lowest BCUT2D eigenvalue weighted by atomic mass is 10.2. The fourth-order valence-corrected chi connectivity index (χ4v) is 3.37. The molecule has 0 bridgehead atoms. The minimum absolute atomic E-state index is 0.0355. The number of aliphatic hydroxyl groups excluding tert-OH is 1. The van der Waals surface area contributed by atoms with Crippen LogP contribution in [0.3, 0.4) is 0 Å². The van der Waals surface area contributed by atoms with Crippen molar-refractivity contribution in [3.05, 3.63) is 84.3 Å². The van der Waals surface area contributed by atoms with Crippen molar-refractivity contribution in [3.63, 3.8) is 0 Å². The lowest BCUT2D eigenvalue weighted by molar-refractivity contribution is -0.137. The molecule has 0 saturated carbocycles. The van der Waals surface area contributed by atoms with E-state index in [4.69, 9.17) is 9.84 Å². The monoisotopic (exact) mass is 470 g/mol. The fraction of sp³-hybridized carbons (Fsp3) is 0.167. The molecule has 0 atom stereocenters. The van der Waals surface area contributed by atoms with Gasteiger partial charge in [-0.25, -0.2) is 4.79 Å². The van der Waals surface area contributed by atoms with Gasteiger partial charge in [0.15, 0.2) is 0 Å². The van der Waals surface area contributed by atoms with E-state index in [-0.39, 0.29) is 12.3 Å². The van der Waals surface area contributed by atoms with Crippen LogP contribution in [-0.2, 0) is 12.7 Å². The van der Waals surface area contributed by atoms with Crippen LogP contribution in [0.5, 0.6) is 11.5 Å². The van der Waals surface area contributed by atoms with Crippen molar-refractivity contribution >= 4 is 22.6 Å². The van der Waals surface area contributed by atoms with Crippen molar-refractivity contribution in [2.45, 2.75) is 12.7 Å². The van der Waals surface area contributed by atoms with E-state index >= 15 is 0 Å². The molecule has 4 rings (SSSR count). The first-order valence-corrected chi connectivity index (χ1v) is 10.4. The number of carbonyl (C=O) groups excluding carboxylic acids is 1. The third-order valence-electron chi connectivity index (χ3n) is 4.94. The first kappa shape index (κ1) is 23.3. The van der Waals surface area contributed by atoms with Crippen LogP contribution in [0, 0.1) is 0 Å². The lowest BCUT2D eigenvalue weighted by Gasteiger charge is -2.11. The van der Waals surface area contributed by atoms with Crippen LogP contribution in [0.15, 0.2) is 73.1 Å². The van der Waals surface area contributed by atoms with Gasteiger partial charge in [0.1, 0.15) is 11.5 Å². The molecule has 2 heterocycles. The van der Waals surface area contributed by atoms with Crippen LogP contribution < -0.4 is 15.4 Å². The minimum Gasteiger partial charge on any atom is -0.457 e. The number of anilines is 1. The van der Waals surface area contributed by atoms with Crippen molar-refractivity contribution in [2.75, 3.05) is 18.5 Å². The normalized spacial score (nSPS) is 11.5. The molecule has 7 nitrogen and oxygen atoms in total. The number of benzene rings is 2. The Labute approximate surface area is 192 Å². The highest BCUT2D eigenvalue weighted by Crippen LogP contribution is 2.31. The summed E-state index contributed by atoms with van der Waals surface area (Å²) < 4.78 is 46.0. The second-order valence-electron chi connectivity index (χ2n) is 7.40. The summed E-state index contributed by atoms with van der Waals surface area (Å²) in [6.07, 6.45) is -1.34. The fourth-order valence-electron chi connectivity index (χ4n) is 3.37. The number of halogens is 3. The van der Waals surface area contributed by atoms with E-state index in [2.05, 4.69) is 15.6 Å². The molecule has 0 aliphatic heterocycles. The largest absolute Gasteiger partial charge is 0.457 e. The summed E-state index contributed by atoms with van der Waals surface area (Å²) in [4.78, 5) is 16.9. The van der Waals surface area contributed by atoms with Gasteiger partial charge in [-0.1, -0.05) is 6.07 Å². The molecule has 0 saturated heterocycles. The van der Waals surface area contributed by atoms with E-state index < -0.39 is 17.8 Å². The molecular formula is C24H21F3N4O3. The highest BCUT2D eigenvalue weighted by molar-refractivity contribution is 5.98. The number of hydrogen-bond acceptors (Lipinski definition) is 5. The average Bonchev–Trinajstić information content (AvgIpc) is 3.23. The predicted molar refractivity (Wildman–Crippen MR) is 121 cm³/mol. The van der Waals surface area contributed by atoms with E-state index in [0.717, 1.165) is 23.2 Å². The van der Waals surface area contributed by atoms with E-state index in [9.17, 15) is 18.0 Å². The number of nitrogens with zero attached hydrogens (tertiary/aromatic N) is 2. The topological polar surface area (TPSA) is 88.4 Å². The Kier molecular flexibility index (Phi) is 6.80. The first-order valence-electron chi connectivity index (χ1n) is 10.4. The van der Waals surface area contributed by atoms with Crippen LogP contribution in [0.2, 0.25) is 0 Å². The van der Waals surface area contributed by atoms with Crippen molar-refractivity contribution < 1.29 is 27.8 Å². The third-order valence-corrected chi connectivity index (χ3v) is 4.94. The minimum atomic E-state index is -4.50. The van der Waals surface area contributed by atoms with Crippen LogP contribution in [0.1, 0.15) is 11.3 Å². The summed E-state index contributed by atoms with van der Waals surface area (Å²) in [6.45, 7) is 0.982. The zero-order chi connectivity index (χ0) is 24.1. The Bertz CT molecular complexity index is 1300. The highest BCUT2D eigenvalue weighted by Gasteiger charge is 2.30. The molecule has 176 valence electrons. The van der Waals surface area contributed by atoms with Crippen molar-refractivity contribution in [1.82, 2.24) is 14.9 Å². The molecule has 2 aromatic carbocycles. The quantitative estimate of drug-likeness (QED) is 0.331. The molecule has 2 aromatic heterocycles. The zero-order valence-electron chi connectivity index (χ0n) is 17.8. The summed E-state index contributed by atoms with van der Waals surface area (Å²) in [5.41, 5.74) is 0.529. The lowest BCUT2D eigenvalue weighted by Crippen LogP contribution is -2.18. The van der Waals surface area contributed by atoms with Crippen molar-refractivity contribution in [1.29, 1.82) is 0 Å². The van der Waals surface area contributed by atoms with Gasteiger partial charge in [-0.15, -0.1) is 0 Å². The Balaban J connectivity index is 1.48. The molecule has 34 heavy (non-hydrogen) atoms. The summed E-state index contributed by atoms with van der Waals surface area (Å²) in [7, 11) is 0. The number of nitrogens with one attached hydrogen (secondary N) is 2. The van der Waals surface area contributed by atoms with Gasteiger partial charge in [0.2, 0.25) is 0 Å². The van der Waals surface area contributed by atoms with Gasteiger partial charge in [0.25, 0.3) is 0 Å². The number of pyridine rings is 1. The van der Waals surface area contributed by atoms with Crippen LogP contribution in [0.4, 0.5) is 23.7 Å². The van der Waals surface area contributed by atoms with Gasteiger partial charge >= 0.3 is 12.2 Å². The van der Waals surface area contributed by atoms with Crippen LogP contribution in [-0.4, -0.2) is 33.8 Å². The number of aromatic nitrogens is 2. The van der Waals surface area contributed by atoms with Gasteiger partial charge in [0, 0.05) is 42.6 Å². The number of hydrogen-bond donors (Lipinski definition) is 3. The van der Waals surface area contributed by atoms with E-state index in [1.54, 1.807) is 42.6 Å². The molecule has 0 fully saturated rings. The SMILES string of the molecule is O=C(Nc1cccc(C(F)(F)F)c1)n1ccc2cc(Oc3ccnc(CNCCO)c3)ccc21. The maximum atomic E-state index is 12.9. The molecule has 0 radical (unpaired) electrons.